The summed E-state index contributed by atoms with van der Waals surface area (Å²) in [5.74, 6) is 0.126. The van der Waals surface area contributed by atoms with E-state index in [9.17, 15) is 10.1 Å². The summed E-state index contributed by atoms with van der Waals surface area (Å²) in [7, 11) is 0. The van der Waals surface area contributed by atoms with Gasteiger partial charge in [-0.05, 0) is 38.1 Å². The molecule has 0 spiro atoms. The van der Waals surface area contributed by atoms with E-state index in [0.29, 0.717) is 5.69 Å². The Morgan fingerprint density at radius 3 is 2.78 bits per heavy atom. The molecule has 0 saturated heterocycles. The number of aromatic nitrogens is 2. The number of nitrogens with zero attached hydrogens (tertiary/aromatic N) is 3. The van der Waals surface area contributed by atoms with Gasteiger partial charge in [-0.2, -0.15) is 0 Å². The van der Waals surface area contributed by atoms with Gasteiger partial charge in [-0.25, -0.2) is 0 Å². The Labute approximate surface area is 103 Å². The Bertz CT molecular complexity index is 617. The number of rotatable bonds is 3. The minimum absolute atomic E-state index is 0.112. The Hall–Kier alpha value is -2.50. The lowest BCUT2D eigenvalue weighted by Gasteiger charge is -1.93. The van der Waals surface area contributed by atoms with Crippen molar-refractivity contribution in [3.8, 4) is 0 Å². The van der Waals surface area contributed by atoms with E-state index in [1.54, 1.807) is 12.1 Å². The average molecular weight is 245 g/mol. The lowest BCUT2D eigenvalue weighted by molar-refractivity contribution is -0.386. The van der Waals surface area contributed by atoms with E-state index < -0.39 is 4.92 Å². The van der Waals surface area contributed by atoms with Crippen molar-refractivity contribution in [3.63, 3.8) is 0 Å². The summed E-state index contributed by atoms with van der Waals surface area (Å²) >= 11 is 0. The summed E-state index contributed by atoms with van der Waals surface area (Å²) in [5, 5.41) is 14.4. The molecule has 0 unspecified atom stereocenters. The second-order valence-electron chi connectivity index (χ2n) is 3.78. The third-order valence-corrected chi connectivity index (χ3v) is 2.35. The van der Waals surface area contributed by atoms with Crippen molar-refractivity contribution in [1.82, 2.24) is 10.1 Å². The maximum atomic E-state index is 10.8. The highest BCUT2D eigenvalue weighted by Crippen LogP contribution is 2.24. The van der Waals surface area contributed by atoms with Crippen molar-refractivity contribution in [2.75, 3.05) is 0 Å². The van der Waals surface area contributed by atoms with Gasteiger partial charge < -0.3 is 4.52 Å². The number of nitro groups is 1. The van der Waals surface area contributed by atoms with Crippen LogP contribution in [0.1, 0.15) is 22.8 Å². The quantitative estimate of drug-likeness (QED) is 0.613. The van der Waals surface area contributed by atoms with Crippen LogP contribution in [0.4, 0.5) is 5.69 Å². The van der Waals surface area contributed by atoms with Crippen LogP contribution in [0.2, 0.25) is 0 Å². The molecule has 0 aliphatic heterocycles. The molecular weight excluding hydrogens is 234 g/mol. The van der Waals surface area contributed by atoms with E-state index in [1.165, 1.54) is 13.0 Å². The summed E-state index contributed by atoms with van der Waals surface area (Å²) in [6.45, 7) is 3.41. The van der Waals surface area contributed by atoms with Gasteiger partial charge in [0, 0.05) is 5.69 Å². The first-order valence-corrected chi connectivity index (χ1v) is 5.30. The van der Waals surface area contributed by atoms with Gasteiger partial charge in [-0.15, -0.1) is 0 Å². The third-order valence-electron chi connectivity index (χ3n) is 2.35. The van der Waals surface area contributed by atoms with Crippen molar-refractivity contribution < 1.29 is 9.45 Å². The zero-order chi connectivity index (χ0) is 13.1. The van der Waals surface area contributed by atoms with Crippen LogP contribution in [-0.2, 0) is 0 Å². The normalized spacial score (nSPS) is 11.0. The van der Waals surface area contributed by atoms with Gasteiger partial charge in [0.2, 0.25) is 5.76 Å². The Balaban J connectivity index is 2.32. The van der Waals surface area contributed by atoms with E-state index in [-0.39, 0.29) is 17.1 Å². The van der Waals surface area contributed by atoms with Crippen molar-refractivity contribution in [3.05, 3.63) is 51.2 Å². The second-order valence-corrected chi connectivity index (χ2v) is 3.78. The Morgan fingerprint density at radius 1 is 1.33 bits per heavy atom. The molecular formula is C12H11N3O3. The standard InChI is InChI=1S/C12H11N3O3/c1-8-4-3-5-10(13-8)6-7-11-12(15(16)17)9(2)14-18-11/h3-7H,1-2H3. The molecule has 0 N–H and O–H groups in total. The summed E-state index contributed by atoms with van der Waals surface area (Å²) in [5.41, 5.74) is 1.73. The molecule has 92 valence electrons. The fraction of sp³-hybridized carbons (Fsp3) is 0.167. The molecule has 2 aromatic heterocycles. The lowest BCUT2D eigenvalue weighted by Crippen LogP contribution is -1.90. The minimum atomic E-state index is -0.505. The molecule has 2 rings (SSSR count). The van der Waals surface area contributed by atoms with Gasteiger partial charge in [-0.1, -0.05) is 11.2 Å². The van der Waals surface area contributed by atoms with Crippen LogP contribution in [0.5, 0.6) is 0 Å². The van der Waals surface area contributed by atoms with Crippen LogP contribution in [-0.4, -0.2) is 15.1 Å². The van der Waals surface area contributed by atoms with Gasteiger partial charge in [-0.3, -0.25) is 15.1 Å². The highest BCUT2D eigenvalue weighted by atomic mass is 16.6. The van der Waals surface area contributed by atoms with Crippen LogP contribution in [0.3, 0.4) is 0 Å². The SMILES string of the molecule is Cc1cccc(C=Cc2onc(C)c2[N+](=O)[O-])n1. The van der Waals surface area contributed by atoms with Gasteiger partial charge in [0.1, 0.15) is 0 Å². The molecule has 0 aliphatic carbocycles. The highest BCUT2D eigenvalue weighted by Gasteiger charge is 2.21. The largest absolute Gasteiger partial charge is 0.349 e. The van der Waals surface area contributed by atoms with Crippen LogP contribution in [0.15, 0.2) is 22.7 Å². The van der Waals surface area contributed by atoms with Gasteiger partial charge in [0.15, 0.2) is 5.69 Å². The van der Waals surface area contributed by atoms with Crippen LogP contribution < -0.4 is 0 Å². The molecule has 0 fully saturated rings. The summed E-state index contributed by atoms with van der Waals surface area (Å²) in [6, 6.07) is 5.54. The fourth-order valence-electron chi connectivity index (χ4n) is 1.53. The third kappa shape index (κ3) is 2.42. The monoisotopic (exact) mass is 245 g/mol. The predicted octanol–water partition coefficient (Wildman–Crippen LogP) is 2.77. The van der Waals surface area contributed by atoms with Crippen LogP contribution in [0, 0.1) is 24.0 Å². The van der Waals surface area contributed by atoms with Crippen LogP contribution >= 0.6 is 0 Å². The average Bonchev–Trinajstić information content (AvgIpc) is 2.68. The molecule has 6 nitrogen and oxygen atoms in total. The first kappa shape index (κ1) is 12.0. The summed E-state index contributed by atoms with van der Waals surface area (Å²) in [6.07, 6.45) is 3.15. The second kappa shape index (κ2) is 4.79. The van der Waals surface area contributed by atoms with Crippen LogP contribution in [0.25, 0.3) is 12.2 Å². The van der Waals surface area contributed by atoms with Crippen molar-refractivity contribution in [1.29, 1.82) is 0 Å². The molecule has 0 bridgehead atoms. The smallest absolute Gasteiger partial charge is 0.338 e. The Morgan fingerprint density at radius 2 is 2.11 bits per heavy atom. The zero-order valence-corrected chi connectivity index (χ0v) is 9.95. The number of hydrogen-bond acceptors (Lipinski definition) is 5. The first-order valence-electron chi connectivity index (χ1n) is 5.30. The van der Waals surface area contributed by atoms with E-state index in [4.69, 9.17) is 4.52 Å². The molecule has 0 amide bonds. The molecule has 0 atom stereocenters. The molecule has 0 saturated carbocycles. The van der Waals surface area contributed by atoms with Crippen molar-refractivity contribution >= 4 is 17.8 Å². The summed E-state index contributed by atoms with van der Waals surface area (Å²) in [4.78, 5) is 14.6. The topological polar surface area (TPSA) is 82.1 Å². The van der Waals surface area contributed by atoms with Gasteiger partial charge in [0.25, 0.3) is 0 Å². The molecule has 18 heavy (non-hydrogen) atoms. The zero-order valence-electron chi connectivity index (χ0n) is 9.95. The fourth-order valence-corrected chi connectivity index (χ4v) is 1.53. The van der Waals surface area contributed by atoms with E-state index in [2.05, 4.69) is 10.1 Å². The van der Waals surface area contributed by atoms with Crippen molar-refractivity contribution in [2.24, 2.45) is 0 Å². The predicted molar refractivity (Wildman–Crippen MR) is 65.8 cm³/mol. The van der Waals surface area contributed by atoms with Crippen molar-refractivity contribution in [2.45, 2.75) is 13.8 Å². The lowest BCUT2D eigenvalue weighted by atomic mass is 10.2. The van der Waals surface area contributed by atoms with E-state index >= 15 is 0 Å². The molecule has 0 aliphatic rings. The minimum Gasteiger partial charge on any atom is -0.349 e. The molecule has 2 aromatic rings. The van der Waals surface area contributed by atoms with E-state index in [0.717, 1.165) is 5.69 Å². The molecule has 0 radical (unpaired) electrons. The molecule has 6 heteroatoms. The van der Waals surface area contributed by atoms with E-state index in [1.807, 2.05) is 19.1 Å². The highest BCUT2D eigenvalue weighted by molar-refractivity contribution is 5.70. The number of aryl methyl sites for hydroxylation is 2. The maximum Gasteiger partial charge on any atom is 0.338 e. The number of hydrogen-bond donors (Lipinski definition) is 0. The van der Waals surface area contributed by atoms with Gasteiger partial charge >= 0.3 is 5.69 Å². The summed E-state index contributed by atoms with van der Waals surface area (Å²) < 4.78 is 4.90. The maximum absolute atomic E-state index is 10.8. The molecule has 2 heterocycles. The Kier molecular flexibility index (Phi) is 3.18. The number of pyridine rings is 1. The molecule has 0 aromatic carbocycles. The van der Waals surface area contributed by atoms with Gasteiger partial charge in [0.05, 0.1) is 10.6 Å². The first-order chi connectivity index (χ1) is 8.58.